The number of nitrogens with zero attached hydrogens (tertiary/aromatic N) is 4. The first-order chi connectivity index (χ1) is 11.2. The van der Waals surface area contributed by atoms with Crippen molar-refractivity contribution in [2.24, 2.45) is 0 Å². The van der Waals surface area contributed by atoms with Crippen LogP contribution in [0.1, 0.15) is 13.8 Å². The average molecular weight is 304 g/mol. The predicted octanol–water partition coefficient (Wildman–Crippen LogP) is 3.39. The lowest BCUT2D eigenvalue weighted by Crippen LogP contribution is -2.12. The molecule has 6 nitrogen and oxygen atoms in total. The van der Waals surface area contributed by atoms with Crippen LogP contribution < -0.4 is 5.32 Å². The van der Waals surface area contributed by atoms with Gasteiger partial charge in [0.05, 0.1) is 11.0 Å². The Balaban J connectivity index is 1.81. The summed E-state index contributed by atoms with van der Waals surface area (Å²) in [6, 6.07) is 6.35. The monoisotopic (exact) mass is 304 g/mol. The number of anilines is 1. The first kappa shape index (κ1) is 13.6. The second-order valence-electron chi connectivity index (χ2n) is 5.72. The highest BCUT2D eigenvalue weighted by Crippen LogP contribution is 2.29. The summed E-state index contributed by atoms with van der Waals surface area (Å²) in [6.45, 7) is 4.12. The third-order valence-corrected chi connectivity index (χ3v) is 3.63. The van der Waals surface area contributed by atoms with Crippen molar-refractivity contribution in [2.45, 2.75) is 19.9 Å². The molecule has 0 bridgehead atoms. The van der Waals surface area contributed by atoms with E-state index in [0.29, 0.717) is 12.0 Å². The lowest BCUT2D eigenvalue weighted by atomic mass is 10.1. The summed E-state index contributed by atoms with van der Waals surface area (Å²) in [5.74, 6) is 0.630. The second kappa shape index (κ2) is 5.31. The Morgan fingerprint density at radius 1 is 1.04 bits per heavy atom. The van der Waals surface area contributed by atoms with Gasteiger partial charge in [-0.1, -0.05) is 6.07 Å². The lowest BCUT2D eigenvalue weighted by molar-refractivity contribution is 0.877. The highest BCUT2D eigenvalue weighted by atomic mass is 15.1. The Kier molecular flexibility index (Phi) is 3.15. The lowest BCUT2D eigenvalue weighted by Gasteiger charge is -2.07. The molecule has 0 aliphatic heterocycles. The van der Waals surface area contributed by atoms with E-state index in [2.05, 4.69) is 44.1 Å². The first-order valence-corrected chi connectivity index (χ1v) is 7.52. The van der Waals surface area contributed by atoms with E-state index >= 15 is 0 Å². The Labute approximate surface area is 133 Å². The Bertz CT molecular complexity index is 989. The molecule has 114 valence electrons. The first-order valence-electron chi connectivity index (χ1n) is 7.52. The van der Waals surface area contributed by atoms with E-state index in [1.807, 2.05) is 30.6 Å². The van der Waals surface area contributed by atoms with E-state index in [1.54, 1.807) is 12.4 Å². The van der Waals surface area contributed by atoms with Crippen LogP contribution in [0.3, 0.4) is 0 Å². The summed E-state index contributed by atoms with van der Waals surface area (Å²) < 4.78 is 0. The van der Waals surface area contributed by atoms with Gasteiger partial charge in [-0.2, -0.15) is 4.98 Å². The van der Waals surface area contributed by atoms with Gasteiger partial charge in [0, 0.05) is 41.8 Å². The molecule has 0 aliphatic carbocycles. The summed E-state index contributed by atoms with van der Waals surface area (Å²) in [6.07, 6.45) is 7.20. The number of H-pyrrole nitrogens is 1. The minimum Gasteiger partial charge on any atom is -0.352 e. The van der Waals surface area contributed by atoms with Crippen molar-refractivity contribution >= 4 is 28.0 Å². The van der Waals surface area contributed by atoms with Gasteiger partial charge in [0.1, 0.15) is 5.65 Å². The normalized spacial score (nSPS) is 11.4. The summed E-state index contributed by atoms with van der Waals surface area (Å²) in [5.41, 5.74) is 4.70. The van der Waals surface area contributed by atoms with E-state index in [4.69, 9.17) is 0 Å². The molecule has 6 heteroatoms. The molecule has 4 rings (SSSR count). The fourth-order valence-corrected chi connectivity index (χ4v) is 2.60. The van der Waals surface area contributed by atoms with Crippen molar-refractivity contribution in [3.63, 3.8) is 0 Å². The standard InChI is InChI=1S/C17H16N6/c1-10(2)22-17-21-9-13-12(8-20-16(13)23-17)11-3-4-14-15(7-11)19-6-5-18-14/h3-10H,1-2H3,(H2,20,21,22,23). The summed E-state index contributed by atoms with van der Waals surface area (Å²) in [5, 5.41) is 4.20. The van der Waals surface area contributed by atoms with E-state index in [1.165, 1.54) is 0 Å². The van der Waals surface area contributed by atoms with Gasteiger partial charge in [-0.05, 0) is 31.5 Å². The number of hydrogen-bond donors (Lipinski definition) is 2. The molecular weight excluding hydrogens is 288 g/mol. The zero-order valence-electron chi connectivity index (χ0n) is 12.9. The van der Waals surface area contributed by atoms with Crippen LogP contribution in [-0.2, 0) is 0 Å². The number of fused-ring (bicyclic) bond motifs is 2. The van der Waals surface area contributed by atoms with Crippen molar-refractivity contribution < 1.29 is 0 Å². The van der Waals surface area contributed by atoms with E-state index in [9.17, 15) is 0 Å². The molecule has 0 amide bonds. The van der Waals surface area contributed by atoms with Crippen LogP contribution in [-0.4, -0.2) is 31.0 Å². The maximum absolute atomic E-state index is 4.52. The molecule has 0 aliphatic rings. The van der Waals surface area contributed by atoms with Crippen molar-refractivity contribution in [3.05, 3.63) is 43.0 Å². The van der Waals surface area contributed by atoms with E-state index < -0.39 is 0 Å². The van der Waals surface area contributed by atoms with Crippen LogP contribution in [0.15, 0.2) is 43.0 Å². The minimum absolute atomic E-state index is 0.293. The molecule has 4 aromatic rings. The Morgan fingerprint density at radius 3 is 2.70 bits per heavy atom. The fourth-order valence-electron chi connectivity index (χ4n) is 2.60. The van der Waals surface area contributed by atoms with E-state index in [0.717, 1.165) is 33.2 Å². The molecule has 0 unspecified atom stereocenters. The van der Waals surface area contributed by atoms with Gasteiger partial charge >= 0.3 is 0 Å². The van der Waals surface area contributed by atoms with Crippen LogP contribution in [0.5, 0.6) is 0 Å². The molecule has 0 spiro atoms. The number of aromatic nitrogens is 5. The Hall–Kier alpha value is -3.02. The van der Waals surface area contributed by atoms with E-state index in [-0.39, 0.29) is 0 Å². The zero-order valence-corrected chi connectivity index (χ0v) is 12.9. The number of nitrogens with one attached hydrogen (secondary N) is 2. The number of rotatable bonds is 3. The molecule has 3 heterocycles. The molecule has 3 aromatic heterocycles. The largest absolute Gasteiger partial charge is 0.352 e. The Morgan fingerprint density at radius 2 is 1.87 bits per heavy atom. The van der Waals surface area contributed by atoms with Gasteiger partial charge in [0.15, 0.2) is 0 Å². The maximum Gasteiger partial charge on any atom is 0.224 e. The second-order valence-corrected chi connectivity index (χ2v) is 5.72. The molecule has 2 N–H and O–H groups in total. The molecule has 23 heavy (non-hydrogen) atoms. The maximum atomic E-state index is 4.52. The van der Waals surface area contributed by atoms with Gasteiger partial charge < -0.3 is 10.3 Å². The topological polar surface area (TPSA) is 79.4 Å². The summed E-state index contributed by atoms with van der Waals surface area (Å²) in [4.78, 5) is 20.8. The average Bonchev–Trinajstić information content (AvgIpc) is 2.97. The molecule has 0 saturated heterocycles. The van der Waals surface area contributed by atoms with Crippen LogP contribution in [0.2, 0.25) is 0 Å². The van der Waals surface area contributed by atoms with Gasteiger partial charge in [-0.3, -0.25) is 9.97 Å². The van der Waals surface area contributed by atoms with Gasteiger partial charge in [-0.15, -0.1) is 0 Å². The molecule has 0 radical (unpaired) electrons. The van der Waals surface area contributed by atoms with Gasteiger partial charge in [-0.25, -0.2) is 4.98 Å². The molecule has 0 saturated carbocycles. The molecular formula is C17H16N6. The summed E-state index contributed by atoms with van der Waals surface area (Å²) in [7, 11) is 0. The van der Waals surface area contributed by atoms with Crippen molar-refractivity contribution in [2.75, 3.05) is 5.32 Å². The van der Waals surface area contributed by atoms with Crippen molar-refractivity contribution in [3.8, 4) is 11.1 Å². The van der Waals surface area contributed by atoms with Gasteiger partial charge in [0.25, 0.3) is 0 Å². The number of aromatic amines is 1. The zero-order chi connectivity index (χ0) is 15.8. The van der Waals surface area contributed by atoms with Crippen molar-refractivity contribution in [1.82, 2.24) is 24.9 Å². The SMILES string of the molecule is CC(C)Nc1ncc2c(-c3ccc4nccnc4c3)c[nH]c2n1. The van der Waals surface area contributed by atoms with Crippen LogP contribution in [0.25, 0.3) is 33.2 Å². The smallest absolute Gasteiger partial charge is 0.224 e. The molecule has 0 fully saturated rings. The fraction of sp³-hybridized carbons (Fsp3) is 0.176. The third kappa shape index (κ3) is 2.48. The molecule has 1 aromatic carbocycles. The summed E-state index contributed by atoms with van der Waals surface area (Å²) >= 11 is 0. The van der Waals surface area contributed by atoms with Crippen molar-refractivity contribution in [1.29, 1.82) is 0 Å². The van der Waals surface area contributed by atoms with Gasteiger partial charge in [0.2, 0.25) is 5.95 Å². The quantitative estimate of drug-likeness (QED) is 0.606. The van der Waals surface area contributed by atoms with Crippen LogP contribution in [0, 0.1) is 0 Å². The van der Waals surface area contributed by atoms with Crippen LogP contribution >= 0.6 is 0 Å². The third-order valence-electron chi connectivity index (χ3n) is 3.63. The molecule has 0 atom stereocenters. The highest BCUT2D eigenvalue weighted by molar-refractivity contribution is 5.95. The number of benzene rings is 1. The highest BCUT2D eigenvalue weighted by Gasteiger charge is 2.10. The number of hydrogen-bond acceptors (Lipinski definition) is 5. The van der Waals surface area contributed by atoms with Crippen LogP contribution in [0.4, 0.5) is 5.95 Å². The predicted molar refractivity (Wildman–Crippen MR) is 91.2 cm³/mol. The minimum atomic E-state index is 0.293.